The Hall–Kier alpha value is -2.95. The highest BCUT2D eigenvalue weighted by molar-refractivity contribution is 6.14. The number of aliphatic imine (C=N–C) groups is 1. The summed E-state index contributed by atoms with van der Waals surface area (Å²) < 4.78 is 22.8. The molecule has 0 spiro atoms. The SMILES string of the molecule is COc1ccc2oc(C3=N[C@@H]4CCCC[C@@H]4c4cc(OC)c(OC)cc43)cc2c1. The third-order valence-corrected chi connectivity index (χ3v) is 6.19. The Balaban J connectivity index is 1.69. The van der Waals surface area contributed by atoms with E-state index in [1.54, 1.807) is 21.3 Å². The van der Waals surface area contributed by atoms with Crippen molar-refractivity contribution >= 4 is 16.7 Å². The second-order valence-corrected chi connectivity index (χ2v) is 7.74. The lowest BCUT2D eigenvalue weighted by atomic mass is 9.75. The van der Waals surface area contributed by atoms with E-state index in [2.05, 4.69) is 12.1 Å². The third kappa shape index (κ3) is 2.96. The summed E-state index contributed by atoms with van der Waals surface area (Å²) in [6, 6.07) is 12.4. The Morgan fingerprint density at radius 1 is 0.897 bits per heavy atom. The largest absolute Gasteiger partial charge is 0.497 e. The van der Waals surface area contributed by atoms with Gasteiger partial charge in [-0.2, -0.15) is 0 Å². The second kappa shape index (κ2) is 7.14. The summed E-state index contributed by atoms with van der Waals surface area (Å²) in [5.41, 5.74) is 4.10. The lowest BCUT2D eigenvalue weighted by molar-refractivity contribution is 0.349. The highest BCUT2D eigenvalue weighted by atomic mass is 16.5. The smallest absolute Gasteiger partial charge is 0.161 e. The van der Waals surface area contributed by atoms with Gasteiger partial charge in [0.05, 0.1) is 27.4 Å². The first kappa shape index (κ1) is 18.1. The Morgan fingerprint density at radius 3 is 2.48 bits per heavy atom. The first-order valence-corrected chi connectivity index (χ1v) is 10.1. The maximum absolute atomic E-state index is 6.22. The van der Waals surface area contributed by atoms with Gasteiger partial charge in [0.15, 0.2) is 17.3 Å². The van der Waals surface area contributed by atoms with Crippen molar-refractivity contribution in [1.82, 2.24) is 0 Å². The van der Waals surface area contributed by atoms with Gasteiger partial charge in [0.1, 0.15) is 17.0 Å². The molecule has 2 heterocycles. The van der Waals surface area contributed by atoms with Gasteiger partial charge in [0, 0.05) is 16.9 Å². The molecule has 0 amide bonds. The van der Waals surface area contributed by atoms with Gasteiger partial charge in [-0.25, -0.2) is 0 Å². The number of fused-ring (bicyclic) bond motifs is 4. The molecule has 3 aromatic rings. The first-order valence-electron chi connectivity index (χ1n) is 10.1. The van der Waals surface area contributed by atoms with Crippen LogP contribution in [-0.2, 0) is 0 Å². The molecule has 150 valence electrons. The zero-order valence-electron chi connectivity index (χ0n) is 17.0. The van der Waals surface area contributed by atoms with Gasteiger partial charge in [-0.1, -0.05) is 12.8 Å². The number of rotatable bonds is 4. The minimum atomic E-state index is 0.284. The summed E-state index contributed by atoms with van der Waals surface area (Å²) in [6.07, 6.45) is 4.72. The molecule has 2 aliphatic rings. The Morgan fingerprint density at radius 2 is 1.69 bits per heavy atom. The Bertz CT molecular complexity index is 1100. The summed E-state index contributed by atoms with van der Waals surface area (Å²) in [4.78, 5) is 5.18. The number of hydrogen-bond donors (Lipinski definition) is 0. The number of methoxy groups -OCH3 is 3. The molecule has 1 fully saturated rings. The standard InChI is InChI=1S/C24H25NO4/c1-26-15-8-9-20-14(10-15)11-23(29-20)24-18-13-22(28-3)21(27-2)12-17(18)16-6-4-5-7-19(16)25-24/h8-13,16,19H,4-7H2,1-3H3/t16-,19-/m1/s1. The molecule has 0 unspecified atom stereocenters. The van der Waals surface area contributed by atoms with E-state index in [1.807, 2.05) is 24.3 Å². The molecule has 0 saturated heterocycles. The minimum Gasteiger partial charge on any atom is -0.497 e. The number of nitrogens with zero attached hydrogens (tertiary/aromatic N) is 1. The zero-order valence-corrected chi connectivity index (χ0v) is 17.0. The molecule has 0 N–H and O–H groups in total. The monoisotopic (exact) mass is 391 g/mol. The second-order valence-electron chi connectivity index (χ2n) is 7.74. The van der Waals surface area contributed by atoms with Crippen LogP contribution < -0.4 is 14.2 Å². The van der Waals surface area contributed by atoms with Gasteiger partial charge in [-0.15, -0.1) is 0 Å². The molecule has 1 aliphatic heterocycles. The van der Waals surface area contributed by atoms with E-state index in [0.717, 1.165) is 52.3 Å². The van der Waals surface area contributed by atoms with Gasteiger partial charge >= 0.3 is 0 Å². The van der Waals surface area contributed by atoms with Crippen LogP contribution in [0.4, 0.5) is 0 Å². The Labute approximate surface area is 170 Å². The molecule has 29 heavy (non-hydrogen) atoms. The molecule has 0 bridgehead atoms. The van der Waals surface area contributed by atoms with E-state index < -0.39 is 0 Å². The highest BCUT2D eigenvalue weighted by Crippen LogP contribution is 2.45. The van der Waals surface area contributed by atoms with Crippen LogP contribution in [0.3, 0.4) is 0 Å². The Kier molecular flexibility index (Phi) is 4.46. The fourth-order valence-electron chi connectivity index (χ4n) is 4.73. The summed E-state index contributed by atoms with van der Waals surface area (Å²) >= 11 is 0. The van der Waals surface area contributed by atoms with Crippen molar-refractivity contribution in [2.24, 2.45) is 4.99 Å². The topological polar surface area (TPSA) is 53.2 Å². The average Bonchev–Trinajstić information content (AvgIpc) is 3.20. The van der Waals surface area contributed by atoms with Crippen LogP contribution in [0.25, 0.3) is 11.0 Å². The molecule has 1 aliphatic carbocycles. The summed E-state index contributed by atoms with van der Waals surface area (Å²) in [7, 11) is 5.03. The van der Waals surface area contributed by atoms with Gasteiger partial charge in [-0.3, -0.25) is 4.99 Å². The van der Waals surface area contributed by atoms with Crippen LogP contribution >= 0.6 is 0 Å². The van der Waals surface area contributed by atoms with Crippen LogP contribution in [-0.4, -0.2) is 33.1 Å². The predicted octanol–water partition coefficient (Wildman–Crippen LogP) is 5.34. The number of furan rings is 1. The zero-order chi connectivity index (χ0) is 20.0. The molecular weight excluding hydrogens is 366 g/mol. The maximum Gasteiger partial charge on any atom is 0.161 e. The normalized spacial score (nSPS) is 20.6. The fourth-order valence-corrected chi connectivity index (χ4v) is 4.73. The molecule has 1 aromatic heterocycles. The van der Waals surface area contributed by atoms with Crippen molar-refractivity contribution in [2.75, 3.05) is 21.3 Å². The van der Waals surface area contributed by atoms with Gasteiger partial charge < -0.3 is 18.6 Å². The van der Waals surface area contributed by atoms with E-state index in [1.165, 1.54) is 18.4 Å². The molecule has 0 radical (unpaired) electrons. The van der Waals surface area contributed by atoms with E-state index in [-0.39, 0.29) is 6.04 Å². The fraction of sp³-hybridized carbons (Fsp3) is 0.375. The van der Waals surface area contributed by atoms with Gasteiger partial charge in [0.2, 0.25) is 0 Å². The number of benzene rings is 2. The highest BCUT2D eigenvalue weighted by Gasteiger charge is 2.35. The molecule has 5 heteroatoms. The third-order valence-electron chi connectivity index (χ3n) is 6.19. The minimum absolute atomic E-state index is 0.284. The number of hydrogen-bond acceptors (Lipinski definition) is 5. The molecule has 5 nitrogen and oxygen atoms in total. The first-order chi connectivity index (χ1) is 14.2. The van der Waals surface area contributed by atoms with E-state index >= 15 is 0 Å². The molecule has 2 atom stereocenters. The van der Waals surface area contributed by atoms with Crippen LogP contribution in [0.5, 0.6) is 17.2 Å². The molecule has 2 aromatic carbocycles. The quantitative estimate of drug-likeness (QED) is 0.603. The van der Waals surface area contributed by atoms with Crippen LogP contribution in [0.2, 0.25) is 0 Å². The average molecular weight is 391 g/mol. The van der Waals surface area contributed by atoms with Crippen LogP contribution in [0.15, 0.2) is 45.8 Å². The van der Waals surface area contributed by atoms with Crippen molar-refractivity contribution in [1.29, 1.82) is 0 Å². The summed E-state index contributed by atoms with van der Waals surface area (Å²) in [5.74, 6) is 3.50. The van der Waals surface area contributed by atoms with Crippen LogP contribution in [0, 0.1) is 0 Å². The van der Waals surface area contributed by atoms with Crippen molar-refractivity contribution in [2.45, 2.75) is 37.6 Å². The van der Waals surface area contributed by atoms with Crippen molar-refractivity contribution in [3.63, 3.8) is 0 Å². The van der Waals surface area contributed by atoms with E-state index in [9.17, 15) is 0 Å². The van der Waals surface area contributed by atoms with E-state index in [4.69, 9.17) is 23.6 Å². The van der Waals surface area contributed by atoms with Crippen molar-refractivity contribution in [3.8, 4) is 17.2 Å². The molecule has 1 saturated carbocycles. The lowest BCUT2D eigenvalue weighted by Gasteiger charge is -2.35. The summed E-state index contributed by atoms with van der Waals surface area (Å²) in [6.45, 7) is 0. The maximum atomic E-state index is 6.22. The lowest BCUT2D eigenvalue weighted by Crippen LogP contribution is -2.29. The number of ether oxygens (including phenoxy) is 3. The molecule has 5 rings (SSSR count). The van der Waals surface area contributed by atoms with Crippen molar-refractivity contribution in [3.05, 3.63) is 53.3 Å². The van der Waals surface area contributed by atoms with E-state index in [0.29, 0.717) is 11.7 Å². The van der Waals surface area contributed by atoms with Gasteiger partial charge in [0.25, 0.3) is 0 Å². The van der Waals surface area contributed by atoms with Crippen molar-refractivity contribution < 1.29 is 18.6 Å². The predicted molar refractivity (Wildman–Crippen MR) is 113 cm³/mol. The van der Waals surface area contributed by atoms with Gasteiger partial charge in [-0.05, 0) is 54.8 Å². The molecular formula is C24H25NO4. The summed E-state index contributed by atoms with van der Waals surface area (Å²) in [5, 5.41) is 1.01. The van der Waals surface area contributed by atoms with Crippen LogP contribution in [0.1, 0.15) is 48.5 Å².